The summed E-state index contributed by atoms with van der Waals surface area (Å²) in [4.78, 5) is 11.1. The molecule has 1 N–H and O–H groups in total. The molecule has 3 heteroatoms. The molecule has 0 aliphatic carbocycles. The summed E-state index contributed by atoms with van der Waals surface area (Å²) in [7, 11) is 0. The van der Waals surface area contributed by atoms with Crippen LogP contribution in [0.5, 0.6) is 0 Å². The molecule has 15 heavy (non-hydrogen) atoms. The molecule has 0 aliphatic rings. The number of anilines is 1. The van der Waals surface area contributed by atoms with Crippen LogP contribution in [0.4, 0.5) is 5.69 Å². The van der Waals surface area contributed by atoms with E-state index in [0.717, 1.165) is 11.9 Å². The molecule has 0 saturated heterocycles. The number of nitrogens with one attached hydrogen (secondary N) is 1. The quantitative estimate of drug-likeness (QED) is 0.453. The minimum atomic E-state index is -0.464. The number of carbonyl (C=O) groups excluding carboxylic acids is 1. The van der Waals surface area contributed by atoms with Gasteiger partial charge in [-0.1, -0.05) is 31.4 Å². The van der Waals surface area contributed by atoms with Crippen LogP contribution in [0.2, 0.25) is 0 Å². The average Bonchev–Trinajstić information content (AvgIpc) is 2.27. The number of carbonyl (C=O) groups is 1. The van der Waals surface area contributed by atoms with Crippen LogP contribution in [0.3, 0.4) is 0 Å². The largest absolute Gasteiger partial charge is 0.432 e. The molecule has 1 aromatic rings. The van der Waals surface area contributed by atoms with Gasteiger partial charge >= 0.3 is 5.97 Å². The molecule has 78 valence electrons. The molecule has 0 aliphatic heterocycles. The summed E-state index contributed by atoms with van der Waals surface area (Å²) in [6.07, 6.45) is 1.09. The van der Waals surface area contributed by atoms with Crippen LogP contribution in [0.1, 0.15) is 0 Å². The Labute approximate surface area is 89.1 Å². The lowest BCUT2D eigenvalue weighted by Gasteiger charge is -2.06. The van der Waals surface area contributed by atoms with E-state index in [1.165, 1.54) is 0 Å². The highest BCUT2D eigenvalue weighted by molar-refractivity contribution is 5.89. The van der Waals surface area contributed by atoms with Crippen molar-refractivity contribution in [2.24, 2.45) is 0 Å². The molecule has 0 heterocycles. The summed E-state index contributed by atoms with van der Waals surface area (Å²) in [6, 6.07) is 9.56. The molecular formula is C12H13NO2. The van der Waals surface area contributed by atoms with Gasteiger partial charge in [0.15, 0.2) is 0 Å². The van der Waals surface area contributed by atoms with Crippen molar-refractivity contribution in [3.8, 4) is 0 Å². The van der Waals surface area contributed by atoms with Crippen molar-refractivity contribution in [3.05, 3.63) is 55.3 Å². The Balaban J connectivity index is 2.41. The number of para-hydroxylation sites is 1. The third kappa shape index (κ3) is 3.68. The van der Waals surface area contributed by atoms with E-state index >= 15 is 0 Å². The fourth-order valence-corrected chi connectivity index (χ4v) is 0.996. The lowest BCUT2D eigenvalue weighted by molar-refractivity contribution is -0.133. The van der Waals surface area contributed by atoms with Gasteiger partial charge in [-0.15, -0.1) is 0 Å². The monoisotopic (exact) mass is 203 g/mol. The van der Waals surface area contributed by atoms with Crippen LogP contribution in [-0.4, -0.2) is 12.5 Å². The van der Waals surface area contributed by atoms with E-state index in [4.69, 9.17) is 0 Å². The van der Waals surface area contributed by atoms with Crippen LogP contribution in [0.25, 0.3) is 0 Å². The second-order valence-electron chi connectivity index (χ2n) is 2.90. The van der Waals surface area contributed by atoms with Crippen LogP contribution in [-0.2, 0) is 9.53 Å². The molecule has 1 aromatic carbocycles. The third-order valence-electron chi connectivity index (χ3n) is 1.76. The summed E-state index contributed by atoms with van der Waals surface area (Å²) in [6.45, 7) is 7.26. The van der Waals surface area contributed by atoms with Gasteiger partial charge in [0.2, 0.25) is 0 Å². The van der Waals surface area contributed by atoms with Crippen LogP contribution < -0.4 is 5.32 Å². The Morgan fingerprint density at radius 2 is 2.07 bits per heavy atom. The highest BCUT2D eigenvalue weighted by atomic mass is 16.5. The van der Waals surface area contributed by atoms with E-state index < -0.39 is 5.97 Å². The van der Waals surface area contributed by atoms with E-state index in [9.17, 15) is 4.79 Å². The zero-order chi connectivity index (χ0) is 11.1. The number of ether oxygens (including phenoxy) is 1. The first-order valence-electron chi connectivity index (χ1n) is 4.52. The van der Waals surface area contributed by atoms with E-state index in [0.29, 0.717) is 12.1 Å². The fraction of sp³-hybridized carbons (Fsp3) is 0.0833. The summed E-state index contributed by atoms with van der Waals surface area (Å²) >= 11 is 0. The van der Waals surface area contributed by atoms with Crippen LogP contribution in [0, 0.1) is 0 Å². The van der Waals surface area contributed by atoms with Crippen LogP contribution in [0.15, 0.2) is 55.3 Å². The smallest absolute Gasteiger partial charge is 0.340 e. The van der Waals surface area contributed by atoms with Gasteiger partial charge in [-0.25, -0.2) is 4.79 Å². The molecule has 1 rings (SSSR count). The van der Waals surface area contributed by atoms with Crippen molar-refractivity contribution in [2.75, 3.05) is 11.9 Å². The van der Waals surface area contributed by atoms with E-state index in [-0.39, 0.29) is 0 Å². The predicted molar refractivity (Wildman–Crippen MR) is 60.4 cm³/mol. The first-order chi connectivity index (χ1) is 7.24. The van der Waals surface area contributed by atoms with Crippen molar-refractivity contribution >= 4 is 11.7 Å². The Bertz CT molecular complexity index is 357. The number of rotatable bonds is 5. The van der Waals surface area contributed by atoms with Crippen molar-refractivity contribution in [3.63, 3.8) is 0 Å². The lowest BCUT2D eigenvalue weighted by atomic mass is 10.2. The zero-order valence-corrected chi connectivity index (χ0v) is 8.40. The highest BCUT2D eigenvalue weighted by Gasteiger charge is 2.05. The van der Waals surface area contributed by atoms with E-state index in [1.54, 1.807) is 0 Å². The fourth-order valence-electron chi connectivity index (χ4n) is 0.996. The van der Waals surface area contributed by atoms with Gasteiger partial charge in [0, 0.05) is 17.8 Å². The maximum Gasteiger partial charge on any atom is 0.340 e. The highest BCUT2D eigenvalue weighted by Crippen LogP contribution is 2.06. The molecular weight excluding hydrogens is 190 g/mol. The molecule has 0 spiro atoms. The SMILES string of the molecule is C=COC(=O)C(=C)CNc1ccccc1. The predicted octanol–water partition coefficient (Wildman–Crippen LogP) is 2.34. The molecule has 0 aromatic heterocycles. The van der Waals surface area contributed by atoms with Gasteiger partial charge in [0.05, 0.1) is 6.26 Å². The number of hydrogen-bond donors (Lipinski definition) is 1. The lowest BCUT2D eigenvalue weighted by Crippen LogP contribution is -2.12. The first-order valence-corrected chi connectivity index (χ1v) is 4.52. The third-order valence-corrected chi connectivity index (χ3v) is 1.76. The van der Waals surface area contributed by atoms with Crippen molar-refractivity contribution < 1.29 is 9.53 Å². The minimum Gasteiger partial charge on any atom is -0.432 e. The Kier molecular flexibility index (Phi) is 4.16. The van der Waals surface area contributed by atoms with Crippen molar-refractivity contribution in [1.29, 1.82) is 0 Å². The Morgan fingerprint density at radius 1 is 1.40 bits per heavy atom. The van der Waals surface area contributed by atoms with E-state index in [2.05, 4.69) is 23.2 Å². The zero-order valence-electron chi connectivity index (χ0n) is 8.40. The van der Waals surface area contributed by atoms with Gasteiger partial charge < -0.3 is 10.1 Å². The number of hydrogen-bond acceptors (Lipinski definition) is 3. The average molecular weight is 203 g/mol. The Morgan fingerprint density at radius 3 is 2.67 bits per heavy atom. The normalized spacial score (nSPS) is 9.07. The molecule has 0 fully saturated rings. The minimum absolute atomic E-state index is 0.358. The summed E-state index contributed by atoms with van der Waals surface area (Å²) in [5.41, 5.74) is 1.30. The molecule has 0 saturated carbocycles. The summed E-state index contributed by atoms with van der Waals surface area (Å²) in [5, 5.41) is 3.05. The van der Waals surface area contributed by atoms with Crippen molar-refractivity contribution in [2.45, 2.75) is 0 Å². The molecule has 0 bridgehead atoms. The maximum absolute atomic E-state index is 11.1. The molecule has 0 unspecified atom stereocenters. The topological polar surface area (TPSA) is 38.3 Å². The molecule has 0 atom stereocenters. The van der Waals surface area contributed by atoms with Gasteiger partial charge in [0.25, 0.3) is 0 Å². The number of benzene rings is 1. The first kappa shape index (κ1) is 11.0. The molecule has 3 nitrogen and oxygen atoms in total. The van der Waals surface area contributed by atoms with Gasteiger partial charge in [0.1, 0.15) is 0 Å². The van der Waals surface area contributed by atoms with Gasteiger partial charge in [-0.3, -0.25) is 0 Å². The summed E-state index contributed by atoms with van der Waals surface area (Å²) < 4.78 is 4.58. The van der Waals surface area contributed by atoms with E-state index in [1.807, 2.05) is 30.3 Å². The van der Waals surface area contributed by atoms with Crippen molar-refractivity contribution in [1.82, 2.24) is 0 Å². The van der Waals surface area contributed by atoms with Crippen LogP contribution >= 0.6 is 0 Å². The second-order valence-corrected chi connectivity index (χ2v) is 2.90. The Hall–Kier alpha value is -2.03. The standard InChI is InChI=1S/C12H13NO2/c1-3-15-12(14)10(2)9-13-11-7-5-4-6-8-11/h3-8,13H,1-2,9H2. The number of esters is 1. The maximum atomic E-state index is 11.1. The second kappa shape index (κ2) is 5.65. The molecule has 0 amide bonds. The van der Waals surface area contributed by atoms with Gasteiger partial charge in [-0.05, 0) is 12.1 Å². The van der Waals surface area contributed by atoms with Gasteiger partial charge in [-0.2, -0.15) is 0 Å². The molecule has 0 radical (unpaired) electrons. The summed E-state index contributed by atoms with van der Waals surface area (Å²) in [5.74, 6) is -0.464.